The summed E-state index contributed by atoms with van der Waals surface area (Å²) in [5.74, 6) is -0.187. The van der Waals surface area contributed by atoms with Gasteiger partial charge in [-0.1, -0.05) is 278 Å². The number of nitrogens with zero attached hydrogens (tertiary/aromatic N) is 1. The van der Waals surface area contributed by atoms with E-state index in [2.05, 4.69) is 104 Å². The second-order valence-corrected chi connectivity index (χ2v) is 23.8. The molecule has 0 aliphatic carbocycles. The zero-order valence-electron chi connectivity index (χ0n) is 50.2. The SMILES string of the molecule is CC/C=C\C/C=C\C/C=C\C/C=C\C/C=C\C/C=C\CCCCCCCCCCCCCCCCCCCCC(=O)NC(COP(=O)(O)OCC[N+](C)(C)C)C(O)/C=C/CC/C=C/CCCCCCCCCCCCC. The van der Waals surface area contributed by atoms with Crippen LogP contribution in [0.1, 0.15) is 271 Å². The number of carbonyl (C=O) groups excluding carboxylic acids is 1. The predicted molar refractivity (Wildman–Crippen MR) is 332 cm³/mol. The van der Waals surface area contributed by atoms with Gasteiger partial charge >= 0.3 is 7.82 Å². The number of carbonyl (C=O) groups is 1. The molecule has 0 bridgehead atoms. The molecule has 0 fully saturated rings. The van der Waals surface area contributed by atoms with E-state index in [1.807, 2.05) is 27.2 Å². The van der Waals surface area contributed by atoms with Gasteiger partial charge in [0.05, 0.1) is 39.9 Å². The fourth-order valence-electron chi connectivity index (χ4n) is 8.89. The van der Waals surface area contributed by atoms with Gasteiger partial charge in [0.25, 0.3) is 0 Å². The molecule has 0 aromatic heterocycles. The Labute approximate surface area is 470 Å². The first kappa shape index (κ1) is 73.4. The minimum absolute atomic E-state index is 0.0542. The number of aliphatic hydroxyl groups excluding tert-OH is 1. The molecule has 0 aliphatic heterocycles. The van der Waals surface area contributed by atoms with Crippen molar-refractivity contribution in [3.05, 3.63) is 97.2 Å². The minimum Gasteiger partial charge on any atom is -0.387 e. The van der Waals surface area contributed by atoms with Crippen molar-refractivity contribution in [3.8, 4) is 0 Å². The zero-order chi connectivity index (χ0) is 55.6. The maximum Gasteiger partial charge on any atom is 0.472 e. The van der Waals surface area contributed by atoms with Gasteiger partial charge in [-0.25, -0.2) is 4.57 Å². The van der Waals surface area contributed by atoms with Crippen molar-refractivity contribution in [2.75, 3.05) is 40.9 Å². The molecular formula is C67H122N2O6P+. The number of nitrogens with one attached hydrogen (secondary N) is 1. The highest BCUT2D eigenvalue weighted by Gasteiger charge is 2.27. The Bertz CT molecular complexity index is 1560. The van der Waals surface area contributed by atoms with E-state index in [0.717, 1.165) is 77.0 Å². The van der Waals surface area contributed by atoms with E-state index in [1.54, 1.807) is 6.08 Å². The molecule has 76 heavy (non-hydrogen) atoms. The van der Waals surface area contributed by atoms with Gasteiger partial charge in [0, 0.05) is 6.42 Å². The van der Waals surface area contributed by atoms with Gasteiger partial charge < -0.3 is 19.8 Å². The Morgan fingerprint density at radius 3 is 1.21 bits per heavy atom. The van der Waals surface area contributed by atoms with E-state index in [9.17, 15) is 19.4 Å². The van der Waals surface area contributed by atoms with Crippen molar-refractivity contribution in [3.63, 3.8) is 0 Å². The van der Waals surface area contributed by atoms with E-state index in [-0.39, 0.29) is 19.1 Å². The van der Waals surface area contributed by atoms with Crippen LogP contribution < -0.4 is 5.32 Å². The second-order valence-electron chi connectivity index (χ2n) is 22.4. The average Bonchev–Trinajstić information content (AvgIpc) is 3.38. The summed E-state index contributed by atoms with van der Waals surface area (Å²) in [6.07, 6.45) is 82.5. The lowest BCUT2D eigenvalue weighted by molar-refractivity contribution is -0.870. The number of unbranched alkanes of at least 4 members (excludes halogenated alkanes) is 30. The normalized spacial score (nSPS) is 14.5. The quantitative estimate of drug-likeness (QED) is 0.0243. The van der Waals surface area contributed by atoms with E-state index in [0.29, 0.717) is 17.4 Å². The van der Waals surface area contributed by atoms with Gasteiger partial charge in [-0.05, 0) is 83.5 Å². The number of aliphatic hydroxyl groups is 1. The predicted octanol–water partition coefficient (Wildman–Crippen LogP) is 19.8. The largest absolute Gasteiger partial charge is 0.472 e. The van der Waals surface area contributed by atoms with Gasteiger partial charge in [0.1, 0.15) is 13.2 Å². The van der Waals surface area contributed by atoms with Crippen molar-refractivity contribution in [2.45, 2.75) is 283 Å². The van der Waals surface area contributed by atoms with Crippen molar-refractivity contribution in [2.24, 2.45) is 0 Å². The molecule has 0 spiro atoms. The average molecular weight is 1080 g/mol. The highest BCUT2D eigenvalue weighted by molar-refractivity contribution is 7.47. The first-order valence-electron chi connectivity index (χ1n) is 31.6. The van der Waals surface area contributed by atoms with Crippen molar-refractivity contribution in [1.29, 1.82) is 0 Å². The van der Waals surface area contributed by atoms with Crippen LogP contribution in [0, 0.1) is 0 Å². The minimum atomic E-state index is -4.36. The first-order valence-corrected chi connectivity index (χ1v) is 33.1. The molecule has 440 valence electrons. The molecular weight excluding hydrogens is 960 g/mol. The smallest absolute Gasteiger partial charge is 0.387 e. The molecule has 0 aromatic rings. The second kappa shape index (κ2) is 57.1. The number of rotatable bonds is 57. The summed E-state index contributed by atoms with van der Waals surface area (Å²) in [5.41, 5.74) is 0. The van der Waals surface area contributed by atoms with Gasteiger partial charge in [-0.2, -0.15) is 0 Å². The Morgan fingerprint density at radius 1 is 0.461 bits per heavy atom. The summed E-state index contributed by atoms with van der Waals surface area (Å²) >= 11 is 0. The lowest BCUT2D eigenvalue weighted by Gasteiger charge is -2.25. The molecule has 1 amide bonds. The fraction of sp³-hybridized carbons (Fsp3) is 0.746. The Balaban J connectivity index is 4.05. The van der Waals surface area contributed by atoms with Crippen LogP contribution in [0.15, 0.2) is 97.2 Å². The third kappa shape index (κ3) is 59.1. The molecule has 0 heterocycles. The fourth-order valence-corrected chi connectivity index (χ4v) is 9.62. The molecule has 0 aromatic carbocycles. The molecule has 3 atom stereocenters. The summed E-state index contributed by atoms with van der Waals surface area (Å²) in [5, 5.41) is 13.9. The van der Waals surface area contributed by atoms with Gasteiger partial charge in [-0.15, -0.1) is 0 Å². The molecule has 0 radical (unpaired) electrons. The molecule has 0 rings (SSSR count). The van der Waals surface area contributed by atoms with E-state index < -0.39 is 20.0 Å². The molecule has 8 nitrogen and oxygen atoms in total. The zero-order valence-corrected chi connectivity index (χ0v) is 51.1. The standard InChI is InChI=1S/C67H121N2O6P/c1-6-8-10-12-14-16-18-20-22-24-25-26-27-28-29-30-31-32-33-34-35-36-37-38-39-40-41-42-43-45-47-49-51-53-55-57-59-61-67(71)68-65(64-75-76(72,73)74-63-62-69(3,4)5)66(70)60-58-56-54-52-50-48-46-44-23-21-19-17-15-13-11-9-7-2/h8,10,14,16,20,22,25-26,28-29,31-32,50,52,58,60,65-66,70H,6-7,9,11-13,15,17-19,21,23-24,27,30,33-49,51,53-57,59,61-64H2,1-5H3,(H-,68,71,72,73)/p+1/b10-8-,16-14-,22-20-,26-25-,29-28-,32-31-,52-50+,60-58+. The molecule has 0 saturated heterocycles. The van der Waals surface area contributed by atoms with Crippen LogP contribution in [0.3, 0.4) is 0 Å². The topological polar surface area (TPSA) is 105 Å². The maximum absolute atomic E-state index is 13.0. The summed E-state index contributed by atoms with van der Waals surface area (Å²) in [7, 11) is 1.55. The number of phosphoric acid groups is 1. The Kier molecular flexibility index (Phi) is 55.2. The highest BCUT2D eigenvalue weighted by Crippen LogP contribution is 2.43. The number of amides is 1. The van der Waals surface area contributed by atoms with Gasteiger partial charge in [0.2, 0.25) is 5.91 Å². The van der Waals surface area contributed by atoms with Crippen LogP contribution in [0.25, 0.3) is 0 Å². The molecule has 0 aliphatic rings. The molecule has 3 unspecified atom stereocenters. The third-order valence-corrected chi connectivity index (χ3v) is 14.8. The summed E-state index contributed by atoms with van der Waals surface area (Å²) in [4.78, 5) is 23.3. The third-order valence-electron chi connectivity index (χ3n) is 13.8. The van der Waals surface area contributed by atoms with E-state index in [1.165, 1.54) is 173 Å². The van der Waals surface area contributed by atoms with Gasteiger partial charge in [0.15, 0.2) is 0 Å². The monoisotopic (exact) mass is 1080 g/mol. The number of likely N-dealkylation sites (N-methyl/N-ethyl adjacent to an activating group) is 1. The molecule has 9 heteroatoms. The van der Waals surface area contributed by atoms with Crippen LogP contribution in [-0.2, 0) is 18.4 Å². The lowest BCUT2D eigenvalue weighted by atomic mass is 10.0. The van der Waals surface area contributed by atoms with Crippen LogP contribution in [0.2, 0.25) is 0 Å². The summed E-state index contributed by atoms with van der Waals surface area (Å²) in [6, 6.07) is -0.867. The van der Waals surface area contributed by atoms with Gasteiger partial charge in [-0.3, -0.25) is 13.8 Å². The van der Waals surface area contributed by atoms with Crippen LogP contribution in [0.5, 0.6) is 0 Å². The lowest BCUT2D eigenvalue weighted by Crippen LogP contribution is -2.45. The molecule has 3 N–H and O–H groups in total. The number of phosphoric ester groups is 1. The molecule has 0 saturated carbocycles. The highest BCUT2D eigenvalue weighted by atomic mass is 31.2. The number of hydrogen-bond acceptors (Lipinski definition) is 5. The first-order chi connectivity index (χ1) is 37.0. The maximum atomic E-state index is 13.0. The van der Waals surface area contributed by atoms with E-state index in [4.69, 9.17) is 9.05 Å². The number of quaternary nitrogens is 1. The number of hydrogen-bond donors (Lipinski definition) is 3. The summed E-state index contributed by atoms with van der Waals surface area (Å²) < 4.78 is 23.7. The van der Waals surface area contributed by atoms with Crippen molar-refractivity contribution >= 4 is 13.7 Å². The van der Waals surface area contributed by atoms with Crippen molar-refractivity contribution in [1.82, 2.24) is 5.32 Å². The summed E-state index contributed by atoms with van der Waals surface area (Å²) in [6.45, 7) is 4.69. The van der Waals surface area contributed by atoms with Crippen molar-refractivity contribution < 1.29 is 32.9 Å². The van der Waals surface area contributed by atoms with Crippen LogP contribution in [-0.4, -0.2) is 73.4 Å². The Hall–Kier alpha value is -2.58. The van der Waals surface area contributed by atoms with Crippen LogP contribution >= 0.6 is 7.82 Å². The Morgan fingerprint density at radius 2 is 0.803 bits per heavy atom. The van der Waals surface area contributed by atoms with Crippen LogP contribution in [0.4, 0.5) is 0 Å². The van der Waals surface area contributed by atoms with E-state index >= 15 is 0 Å². The number of allylic oxidation sites excluding steroid dienone is 15.